The third-order valence-electron chi connectivity index (χ3n) is 3.43. The Labute approximate surface area is 124 Å². The van der Waals surface area contributed by atoms with E-state index in [0.717, 1.165) is 0 Å². The Hall–Kier alpha value is -1.38. The second-order valence-corrected chi connectivity index (χ2v) is 5.15. The van der Waals surface area contributed by atoms with Crippen molar-refractivity contribution in [1.29, 1.82) is 0 Å². The van der Waals surface area contributed by atoms with Gasteiger partial charge in [-0.2, -0.15) is 0 Å². The van der Waals surface area contributed by atoms with Crippen molar-refractivity contribution in [1.82, 2.24) is 10.6 Å². The number of rotatable bonds is 9. The smallest absolute Gasteiger partial charge is 0.315 e. The van der Waals surface area contributed by atoms with Crippen molar-refractivity contribution < 1.29 is 28.9 Å². The van der Waals surface area contributed by atoms with Crippen molar-refractivity contribution in [3.05, 3.63) is 0 Å². The molecule has 1 rings (SSSR count). The van der Waals surface area contributed by atoms with Crippen LogP contribution in [0.3, 0.4) is 0 Å². The van der Waals surface area contributed by atoms with E-state index in [2.05, 4.69) is 10.6 Å². The summed E-state index contributed by atoms with van der Waals surface area (Å²) in [4.78, 5) is 22.9. The summed E-state index contributed by atoms with van der Waals surface area (Å²) in [5.74, 6) is -0.975. The van der Waals surface area contributed by atoms with Gasteiger partial charge < -0.3 is 30.0 Å². The van der Waals surface area contributed by atoms with Crippen LogP contribution in [0.1, 0.15) is 13.3 Å². The molecule has 2 atom stereocenters. The molecule has 1 heterocycles. The first kappa shape index (κ1) is 17.7. The molecule has 0 aliphatic carbocycles. The van der Waals surface area contributed by atoms with Gasteiger partial charge in [0.05, 0.1) is 32.5 Å². The van der Waals surface area contributed by atoms with Crippen LogP contribution in [0.4, 0.5) is 4.79 Å². The zero-order valence-corrected chi connectivity index (χ0v) is 12.5. The maximum Gasteiger partial charge on any atom is 0.315 e. The van der Waals surface area contributed by atoms with Crippen LogP contribution in [0, 0.1) is 5.41 Å². The van der Waals surface area contributed by atoms with Gasteiger partial charge in [-0.1, -0.05) is 0 Å². The van der Waals surface area contributed by atoms with E-state index < -0.39 is 23.5 Å². The summed E-state index contributed by atoms with van der Waals surface area (Å²) in [5.41, 5.74) is -1.08. The van der Waals surface area contributed by atoms with Gasteiger partial charge in [0.15, 0.2) is 0 Å². The van der Waals surface area contributed by atoms with Crippen molar-refractivity contribution in [2.45, 2.75) is 19.4 Å². The number of hydrogen-bond acceptors (Lipinski definition) is 5. The van der Waals surface area contributed by atoms with E-state index in [4.69, 9.17) is 14.2 Å². The number of amides is 2. The summed E-state index contributed by atoms with van der Waals surface area (Å²) in [6, 6.07) is -0.928. The Morgan fingerprint density at radius 3 is 2.81 bits per heavy atom. The molecular formula is C13H24N2O6. The predicted octanol–water partition coefficient (Wildman–Crippen LogP) is -0.172. The van der Waals surface area contributed by atoms with Crippen LogP contribution in [0.5, 0.6) is 0 Å². The third kappa shape index (κ3) is 5.49. The van der Waals surface area contributed by atoms with Crippen LogP contribution in [0.15, 0.2) is 0 Å². The van der Waals surface area contributed by atoms with Crippen LogP contribution in [0.2, 0.25) is 0 Å². The number of ether oxygens (including phenoxy) is 3. The summed E-state index contributed by atoms with van der Waals surface area (Å²) in [6.07, 6.45) is 0.675. The number of carboxylic acids is 1. The van der Waals surface area contributed by atoms with Gasteiger partial charge in [-0.25, -0.2) is 4.79 Å². The molecule has 2 unspecified atom stereocenters. The zero-order valence-electron chi connectivity index (χ0n) is 12.5. The quantitative estimate of drug-likeness (QED) is 0.511. The third-order valence-corrected chi connectivity index (χ3v) is 3.43. The number of methoxy groups -OCH3 is 1. The number of urea groups is 1. The second kappa shape index (κ2) is 8.81. The minimum Gasteiger partial charge on any atom is -0.481 e. The van der Waals surface area contributed by atoms with Gasteiger partial charge in [0.1, 0.15) is 5.41 Å². The highest BCUT2D eigenvalue weighted by Crippen LogP contribution is 2.28. The van der Waals surface area contributed by atoms with E-state index in [1.54, 1.807) is 14.0 Å². The average molecular weight is 304 g/mol. The highest BCUT2D eigenvalue weighted by Gasteiger charge is 2.47. The van der Waals surface area contributed by atoms with E-state index >= 15 is 0 Å². The first-order chi connectivity index (χ1) is 10.0. The molecule has 1 saturated heterocycles. The molecule has 0 radical (unpaired) electrons. The first-order valence-electron chi connectivity index (χ1n) is 6.93. The van der Waals surface area contributed by atoms with Gasteiger partial charge in [-0.05, 0) is 13.3 Å². The average Bonchev–Trinajstić information content (AvgIpc) is 2.80. The Morgan fingerprint density at radius 1 is 1.38 bits per heavy atom. The minimum absolute atomic E-state index is 0.0978. The summed E-state index contributed by atoms with van der Waals surface area (Å²) in [7, 11) is 1.60. The predicted molar refractivity (Wildman–Crippen MR) is 74.2 cm³/mol. The number of nitrogens with one attached hydrogen (secondary N) is 2. The molecule has 8 heteroatoms. The molecular weight excluding hydrogens is 280 g/mol. The highest BCUT2D eigenvalue weighted by atomic mass is 16.5. The van der Waals surface area contributed by atoms with Crippen LogP contribution in [0.25, 0.3) is 0 Å². The molecule has 21 heavy (non-hydrogen) atoms. The number of carboxylic acid groups (broad SMARTS) is 1. The van der Waals surface area contributed by atoms with Crippen molar-refractivity contribution in [3.8, 4) is 0 Å². The molecule has 0 saturated carbocycles. The summed E-state index contributed by atoms with van der Waals surface area (Å²) >= 11 is 0. The van der Waals surface area contributed by atoms with Crippen LogP contribution >= 0.6 is 0 Å². The van der Waals surface area contributed by atoms with Crippen LogP contribution < -0.4 is 10.6 Å². The molecule has 0 aromatic heterocycles. The van der Waals surface area contributed by atoms with Gasteiger partial charge in [-0.3, -0.25) is 4.79 Å². The maximum absolute atomic E-state index is 11.7. The molecule has 3 N–H and O–H groups in total. The van der Waals surface area contributed by atoms with Gasteiger partial charge in [0.2, 0.25) is 0 Å². The fourth-order valence-corrected chi connectivity index (χ4v) is 1.91. The standard InChI is InChI=1S/C13H24N2O6/c1-13(11(16)17)9-21-8-10(13)15-12(18)14-4-3-5-20-7-6-19-2/h10H,3-9H2,1-2H3,(H,16,17)(H2,14,15,18). The molecule has 2 amide bonds. The lowest BCUT2D eigenvalue weighted by Crippen LogP contribution is -2.52. The van der Waals surface area contributed by atoms with Crippen LogP contribution in [-0.2, 0) is 19.0 Å². The monoisotopic (exact) mass is 304 g/mol. The fourth-order valence-electron chi connectivity index (χ4n) is 1.91. The summed E-state index contributed by atoms with van der Waals surface area (Å²) in [6.45, 7) is 3.93. The molecule has 8 nitrogen and oxygen atoms in total. The summed E-state index contributed by atoms with van der Waals surface area (Å²) in [5, 5.41) is 14.5. The highest BCUT2D eigenvalue weighted by molar-refractivity contribution is 5.79. The number of carbonyl (C=O) groups is 2. The number of carbonyl (C=O) groups excluding carboxylic acids is 1. The van der Waals surface area contributed by atoms with E-state index in [9.17, 15) is 14.7 Å². The van der Waals surface area contributed by atoms with Crippen molar-refractivity contribution >= 4 is 12.0 Å². The number of aliphatic carboxylic acids is 1. The van der Waals surface area contributed by atoms with Gasteiger partial charge in [0.25, 0.3) is 0 Å². The van der Waals surface area contributed by atoms with Crippen LogP contribution in [-0.4, -0.2) is 69.8 Å². The molecule has 0 spiro atoms. The maximum atomic E-state index is 11.7. The van der Waals surface area contributed by atoms with Crippen molar-refractivity contribution in [2.75, 3.05) is 46.7 Å². The normalized spacial score (nSPS) is 24.8. The first-order valence-corrected chi connectivity index (χ1v) is 6.93. The molecule has 122 valence electrons. The van der Waals surface area contributed by atoms with E-state index in [1.807, 2.05) is 0 Å². The molecule has 0 aromatic rings. The summed E-state index contributed by atoms with van der Waals surface area (Å²) < 4.78 is 15.3. The van der Waals surface area contributed by atoms with Gasteiger partial charge in [-0.15, -0.1) is 0 Å². The Bertz CT molecular complexity index is 352. The molecule has 1 aliphatic heterocycles. The zero-order chi connectivity index (χ0) is 15.7. The molecule has 1 fully saturated rings. The Kier molecular flexibility index (Phi) is 7.41. The topological polar surface area (TPSA) is 106 Å². The van der Waals surface area contributed by atoms with E-state index in [0.29, 0.717) is 32.8 Å². The lowest BCUT2D eigenvalue weighted by Gasteiger charge is -2.25. The number of hydrogen-bond donors (Lipinski definition) is 3. The SMILES string of the molecule is COCCOCCCNC(=O)NC1COCC1(C)C(=O)O. The van der Waals surface area contributed by atoms with Crippen molar-refractivity contribution in [2.24, 2.45) is 5.41 Å². The minimum atomic E-state index is -1.08. The van der Waals surface area contributed by atoms with Gasteiger partial charge >= 0.3 is 12.0 Å². The molecule has 0 bridgehead atoms. The van der Waals surface area contributed by atoms with Gasteiger partial charge in [0, 0.05) is 20.3 Å². The Balaban J connectivity index is 2.17. The largest absolute Gasteiger partial charge is 0.481 e. The van der Waals surface area contributed by atoms with E-state index in [1.165, 1.54) is 0 Å². The van der Waals surface area contributed by atoms with Crippen molar-refractivity contribution in [3.63, 3.8) is 0 Å². The molecule has 1 aliphatic rings. The lowest BCUT2D eigenvalue weighted by atomic mass is 9.85. The van der Waals surface area contributed by atoms with E-state index in [-0.39, 0.29) is 13.2 Å². The Morgan fingerprint density at radius 2 is 2.14 bits per heavy atom. The fraction of sp³-hybridized carbons (Fsp3) is 0.846. The lowest BCUT2D eigenvalue weighted by molar-refractivity contribution is -0.148. The molecule has 0 aromatic carbocycles. The second-order valence-electron chi connectivity index (χ2n) is 5.15.